The first kappa shape index (κ1) is 27.2. The number of aromatic nitrogens is 2. The number of alkyl halides is 3. The molecule has 0 spiro atoms. The lowest BCUT2D eigenvalue weighted by molar-refractivity contribution is -0.137. The largest absolute Gasteiger partial charge is 0.465 e. The van der Waals surface area contributed by atoms with Crippen LogP contribution in [-0.2, 0) is 22.3 Å². The van der Waals surface area contributed by atoms with Crippen molar-refractivity contribution in [2.24, 2.45) is 11.8 Å². The van der Waals surface area contributed by atoms with E-state index in [1.54, 1.807) is 12.1 Å². The van der Waals surface area contributed by atoms with Crippen molar-refractivity contribution in [1.82, 2.24) is 10.1 Å². The summed E-state index contributed by atoms with van der Waals surface area (Å²) < 4.78 is 56.8. The number of nitrogens with two attached hydrogens (primary N) is 1. The molecule has 208 valence electrons. The van der Waals surface area contributed by atoms with Gasteiger partial charge in [0.15, 0.2) is 0 Å². The quantitative estimate of drug-likeness (QED) is 0.342. The number of carbonyl (C=O) groups excluding carboxylic acids is 1. The van der Waals surface area contributed by atoms with E-state index in [-0.39, 0.29) is 29.9 Å². The van der Waals surface area contributed by atoms with Crippen molar-refractivity contribution in [3.8, 4) is 11.3 Å². The third kappa shape index (κ3) is 6.43. The lowest BCUT2D eigenvalue weighted by Crippen LogP contribution is -2.23. The number of methoxy groups -OCH3 is 1. The maximum absolute atomic E-state index is 13.5. The molecule has 2 heterocycles. The highest BCUT2D eigenvalue weighted by Crippen LogP contribution is 2.47. The Labute approximate surface area is 224 Å². The van der Waals surface area contributed by atoms with E-state index in [9.17, 15) is 18.0 Å². The molecule has 39 heavy (non-hydrogen) atoms. The van der Waals surface area contributed by atoms with Gasteiger partial charge in [0.1, 0.15) is 17.3 Å². The molecule has 0 amide bonds. The van der Waals surface area contributed by atoms with E-state index in [2.05, 4.69) is 14.9 Å². The van der Waals surface area contributed by atoms with Crippen LogP contribution in [0.1, 0.15) is 78.1 Å². The molecule has 2 bridgehead atoms. The highest BCUT2D eigenvalue weighted by Gasteiger charge is 2.39. The summed E-state index contributed by atoms with van der Waals surface area (Å²) in [5.41, 5.74) is 6.14. The van der Waals surface area contributed by atoms with Crippen LogP contribution < -0.4 is 5.73 Å². The smallest absolute Gasteiger partial charge is 0.417 e. The van der Waals surface area contributed by atoms with Crippen LogP contribution in [-0.4, -0.2) is 29.3 Å². The number of fused-ring (bicyclic) bond motifs is 2. The first-order chi connectivity index (χ1) is 18.7. The molecular weight excluding hydrogens is 511 g/mol. The van der Waals surface area contributed by atoms with Gasteiger partial charge in [0, 0.05) is 23.2 Å². The molecule has 3 aliphatic carbocycles. The Balaban J connectivity index is 0.000000237. The van der Waals surface area contributed by atoms with Gasteiger partial charge in [-0.15, -0.1) is 0 Å². The minimum atomic E-state index is -4.43. The predicted octanol–water partition coefficient (Wildman–Crippen LogP) is 6.78. The molecule has 3 aromatic rings. The standard InChI is InChI=1S/C22H24F3NO2.C7H8N2O2/c23-22(24,25)19-4-2-1-3-17(19)20-18(21(28-26-20)15-7-8-15)12-27-16-10-13-5-6-14(9-13)11-16;1-11-7(10)5-2-3-9-6(8)4-5/h1-4,13-16H,5-12H2;2-4H,1H3,(H2,8,9)/t13-,14?,16?;/m0./s1. The number of esters is 1. The van der Waals surface area contributed by atoms with Crippen LogP contribution in [0.3, 0.4) is 0 Å². The first-order valence-corrected chi connectivity index (χ1v) is 13.3. The highest BCUT2D eigenvalue weighted by molar-refractivity contribution is 5.89. The van der Waals surface area contributed by atoms with E-state index in [0.717, 1.165) is 43.6 Å². The molecule has 2 aromatic heterocycles. The van der Waals surface area contributed by atoms with E-state index >= 15 is 0 Å². The number of pyridine rings is 1. The van der Waals surface area contributed by atoms with Crippen LogP contribution in [0, 0.1) is 11.8 Å². The molecule has 0 aliphatic heterocycles. The molecule has 0 radical (unpaired) electrons. The zero-order valence-corrected chi connectivity index (χ0v) is 21.7. The van der Waals surface area contributed by atoms with Crippen molar-refractivity contribution in [3.63, 3.8) is 0 Å². The Morgan fingerprint density at radius 2 is 1.79 bits per heavy atom. The minimum absolute atomic E-state index is 0.0768. The van der Waals surface area contributed by atoms with E-state index in [1.165, 1.54) is 50.8 Å². The SMILES string of the molecule is COC(=O)c1ccnc(N)c1.FC(F)(F)c1ccccc1-c1noc(C2CC2)c1COC1CC2CC[C@@H](C2)C1. The number of hydrogen-bond acceptors (Lipinski definition) is 7. The van der Waals surface area contributed by atoms with Crippen LogP contribution in [0.25, 0.3) is 11.3 Å². The molecule has 2 N–H and O–H groups in total. The number of halogens is 3. The fourth-order valence-electron chi connectivity index (χ4n) is 5.75. The summed E-state index contributed by atoms with van der Waals surface area (Å²) in [6.07, 6.45) is 5.22. The molecule has 3 fully saturated rings. The monoisotopic (exact) mass is 543 g/mol. The summed E-state index contributed by atoms with van der Waals surface area (Å²) in [4.78, 5) is 14.6. The number of hydrogen-bond donors (Lipinski definition) is 1. The summed E-state index contributed by atoms with van der Waals surface area (Å²) in [5.74, 6) is 2.39. The van der Waals surface area contributed by atoms with Gasteiger partial charge in [0.2, 0.25) is 0 Å². The molecule has 1 aromatic carbocycles. The average Bonchev–Trinajstić information content (AvgIpc) is 3.59. The van der Waals surface area contributed by atoms with E-state index in [0.29, 0.717) is 22.7 Å². The van der Waals surface area contributed by atoms with Crippen LogP contribution in [0.2, 0.25) is 0 Å². The number of nitrogen functional groups attached to an aromatic ring is 1. The average molecular weight is 544 g/mol. The summed E-state index contributed by atoms with van der Waals surface area (Å²) >= 11 is 0. The maximum Gasteiger partial charge on any atom is 0.417 e. The Morgan fingerprint density at radius 3 is 2.44 bits per heavy atom. The molecule has 2 unspecified atom stereocenters. The lowest BCUT2D eigenvalue weighted by atomic mass is 9.87. The van der Waals surface area contributed by atoms with Crippen molar-refractivity contribution in [1.29, 1.82) is 0 Å². The zero-order valence-electron chi connectivity index (χ0n) is 21.7. The normalized spacial score (nSPS) is 22.2. The van der Waals surface area contributed by atoms with Crippen molar-refractivity contribution in [2.45, 2.75) is 69.8 Å². The topological polar surface area (TPSA) is 100 Å². The molecule has 3 aliphatic rings. The van der Waals surface area contributed by atoms with Crippen molar-refractivity contribution in [3.05, 3.63) is 65.0 Å². The van der Waals surface area contributed by atoms with Gasteiger partial charge in [0.05, 0.1) is 30.9 Å². The maximum atomic E-state index is 13.5. The Morgan fingerprint density at radius 1 is 1.08 bits per heavy atom. The van der Waals surface area contributed by atoms with E-state index in [4.69, 9.17) is 15.0 Å². The molecular formula is C29H32F3N3O4. The van der Waals surface area contributed by atoms with Crippen LogP contribution >= 0.6 is 0 Å². The second kappa shape index (κ2) is 11.4. The van der Waals surface area contributed by atoms with Crippen molar-refractivity contribution >= 4 is 11.8 Å². The van der Waals surface area contributed by atoms with Gasteiger partial charge in [-0.25, -0.2) is 9.78 Å². The summed E-state index contributed by atoms with van der Waals surface area (Å²) in [7, 11) is 1.32. The second-order valence-electron chi connectivity index (χ2n) is 10.6. The molecule has 6 rings (SSSR count). The third-order valence-electron chi connectivity index (χ3n) is 7.76. The summed E-state index contributed by atoms with van der Waals surface area (Å²) in [6, 6.07) is 8.60. The Hall–Kier alpha value is -3.40. The molecule has 0 saturated heterocycles. The minimum Gasteiger partial charge on any atom is -0.465 e. The predicted molar refractivity (Wildman–Crippen MR) is 138 cm³/mol. The zero-order chi connectivity index (χ0) is 27.6. The number of anilines is 1. The fourth-order valence-corrected chi connectivity index (χ4v) is 5.75. The number of nitrogens with zero attached hydrogens (tertiary/aromatic N) is 2. The van der Waals surface area contributed by atoms with Crippen molar-refractivity contribution < 1.29 is 32.0 Å². The lowest BCUT2D eigenvalue weighted by Gasteiger charge is -2.27. The number of benzene rings is 1. The van der Waals surface area contributed by atoms with Gasteiger partial charge in [-0.05, 0) is 62.1 Å². The molecule has 7 nitrogen and oxygen atoms in total. The summed E-state index contributed by atoms with van der Waals surface area (Å²) in [6.45, 7) is 0.279. The van der Waals surface area contributed by atoms with Crippen LogP contribution in [0.4, 0.5) is 19.0 Å². The van der Waals surface area contributed by atoms with Gasteiger partial charge >= 0.3 is 12.1 Å². The fraction of sp³-hybridized carbons (Fsp3) is 0.483. The van der Waals surface area contributed by atoms with Crippen molar-refractivity contribution in [2.75, 3.05) is 12.8 Å². The Kier molecular flexibility index (Phi) is 7.93. The van der Waals surface area contributed by atoms with Gasteiger partial charge in [-0.3, -0.25) is 0 Å². The van der Waals surface area contributed by atoms with E-state index < -0.39 is 17.7 Å². The Bertz CT molecular complexity index is 1290. The second-order valence-corrected chi connectivity index (χ2v) is 10.6. The van der Waals surface area contributed by atoms with Crippen LogP contribution in [0.5, 0.6) is 0 Å². The first-order valence-electron chi connectivity index (χ1n) is 13.3. The number of rotatable bonds is 6. The third-order valence-corrected chi connectivity index (χ3v) is 7.76. The highest BCUT2D eigenvalue weighted by atomic mass is 19.4. The molecule has 3 atom stereocenters. The number of carbonyl (C=O) groups is 1. The van der Waals surface area contributed by atoms with Gasteiger partial charge in [-0.2, -0.15) is 13.2 Å². The van der Waals surface area contributed by atoms with Gasteiger partial charge in [0.25, 0.3) is 0 Å². The molecule has 3 saturated carbocycles. The van der Waals surface area contributed by atoms with E-state index in [1.807, 2.05) is 0 Å². The van der Waals surface area contributed by atoms with Gasteiger partial charge < -0.3 is 19.7 Å². The van der Waals surface area contributed by atoms with Gasteiger partial charge in [-0.1, -0.05) is 36.2 Å². The number of ether oxygens (including phenoxy) is 2. The summed E-state index contributed by atoms with van der Waals surface area (Å²) in [5, 5.41) is 4.07. The van der Waals surface area contributed by atoms with Crippen LogP contribution in [0.15, 0.2) is 47.1 Å². The molecule has 10 heteroatoms.